The minimum atomic E-state index is -0.842. The number of nitrogens with zero attached hydrogens (tertiary/aromatic N) is 4. The number of aliphatic hydroxyl groups is 2. The Hall–Kier alpha value is -2.84. The van der Waals surface area contributed by atoms with E-state index >= 15 is 0 Å². The Bertz CT molecular complexity index is 838. The first kappa shape index (κ1) is 17.0. The van der Waals surface area contributed by atoms with Gasteiger partial charge in [0, 0.05) is 19.8 Å². The van der Waals surface area contributed by atoms with Crippen LogP contribution in [-0.4, -0.2) is 51.6 Å². The number of rotatable bonds is 6. The van der Waals surface area contributed by atoms with Crippen LogP contribution >= 0.6 is 0 Å². The molecule has 3 rings (SSSR count). The average molecular weight is 344 g/mol. The van der Waals surface area contributed by atoms with Gasteiger partial charge in [0.25, 0.3) is 5.89 Å². The monoisotopic (exact) mass is 344 g/mol. The molecule has 0 saturated carbocycles. The van der Waals surface area contributed by atoms with E-state index in [2.05, 4.69) is 15.1 Å². The zero-order chi connectivity index (χ0) is 17.8. The van der Waals surface area contributed by atoms with Crippen molar-refractivity contribution in [2.75, 3.05) is 25.1 Å². The lowest BCUT2D eigenvalue weighted by atomic mass is 10.2. The molecular formula is C17H17FN4O3. The molecule has 2 heterocycles. The number of aromatic nitrogens is 3. The minimum absolute atomic E-state index is 0.167. The van der Waals surface area contributed by atoms with Gasteiger partial charge < -0.3 is 19.6 Å². The SMILES string of the molecule is CN(CC(O)CO)c1ccc(-c2nc(-c3ccccc3F)no2)cn1. The fraction of sp³-hybridized carbons (Fsp3) is 0.235. The number of aliphatic hydroxyl groups excluding tert-OH is 2. The van der Waals surface area contributed by atoms with Gasteiger partial charge in [-0.1, -0.05) is 17.3 Å². The number of halogens is 1. The summed E-state index contributed by atoms with van der Waals surface area (Å²) in [4.78, 5) is 10.2. The molecule has 0 amide bonds. The number of likely N-dealkylation sites (N-methyl/N-ethyl adjacent to an activating group) is 1. The van der Waals surface area contributed by atoms with Gasteiger partial charge in [0.15, 0.2) is 0 Å². The van der Waals surface area contributed by atoms with Crippen molar-refractivity contribution in [1.29, 1.82) is 0 Å². The van der Waals surface area contributed by atoms with E-state index in [1.807, 2.05) is 0 Å². The molecule has 0 radical (unpaired) electrons. The molecule has 0 aliphatic rings. The number of pyridine rings is 1. The smallest absolute Gasteiger partial charge is 0.259 e. The van der Waals surface area contributed by atoms with E-state index < -0.39 is 11.9 Å². The lowest BCUT2D eigenvalue weighted by Gasteiger charge is -2.20. The number of hydrogen-bond donors (Lipinski definition) is 2. The highest BCUT2D eigenvalue weighted by molar-refractivity contribution is 5.60. The molecule has 25 heavy (non-hydrogen) atoms. The van der Waals surface area contributed by atoms with Crippen LogP contribution in [0, 0.1) is 5.82 Å². The summed E-state index contributed by atoms with van der Waals surface area (Å²) < 4.78 is 19.0. The Labute approximate surface area is 143 Å². The molecule has 0 fully saturated rings. The summed E-state index contributed by atoms with van der Waals surface area (Å²) in [6.07, 6.45) is 0.709. The second-order valence-corrected chi connectivity index (χ2v) is 5.52. The molecule has 0 aliphatic carbocycles. The standard InChI is InChI=1S/C17H17FN4O3/c1-22(9-12(24)10-23)15-7-6-11(8-19-15)17-20-16(21-25-17)13-4-2-3-5-14(13)18/h2-8,12,23-24H,9-10H2,1H3. The zero-order valence-electron chi connectivity index (χ0n) is 13.5. The Morgan fingerprint density at radius 2 is 2.04 bits per heavy atom. The van der Waals surface area contributed by atoms with Crippen LogP contribution in [0.5, 0.6) is 0 Å². The highest BCUT2D eigenvalue weighted by atomic mass is 19.1. The predicted molar refractivity (Wildman–Crippen MR) is 89.3 cm³/mol. The first-order valence-corrected chi connectivity index (χ1v) is 7.63. The molecule has 130 valence electrons. The van der Waals surface area contributed by atoms with E-state index in [9.17, 15) is 9.50 Å². The van der Waals surface area contributed by atoms with Crippen LogP contribution in [0.25, 0.3) is 22.8 Å². The van der Waals surface area contributed by atoms with E-state index in [1.165, 1.54) is 6.07 Å². The summed E-state index contributed by atoms with van der Waals surface area (Å²) in [5, 5.41) is 22.2. The van der Waals surface area contributed by atoms with Crippen LogP contribution in [0.4, 0.5) is 10.2 Å². The molecule has 0 saturated heterocycles. The first-order chi connectivity index (χ1) is 12.1. The minimum Gasteiger partial charge on any atom is -0.394 e. The van der Waals surface area contributed by atoms with Crippen LogP contribution in [0.15, 0.2) is 47.1 Å². The first-order valence-electron chi connectivity index (χ1n) is 7.63. The summed E-state index contributed by atoms with van der Waals surface area (Å²) in [5.74, 6) is 0.591. The van der Waals surface area contributed by atoms with Crippen molar-refractivity contribution in [2.24, 2.45) is 0 Å². The Balaban J connectivity index is 1.78. The van der Waals surface area contributed by atoms with Crippen molar-refractivity contribution >= 4 is 5.82 Å². The molecular weight excluding hydrogens is 327 g/mol. The summed E-state index contributed by atoms with van der Waals surface area (Å²) in [7, 11) is 1.75. The maximum Gasteiger partial charge on any atom is 0.259 e. The van der Waals surface area contributed by atoms with Crippen molar-refractivity contribution in [3.05, 3.63) is 48.4 Å². The molecule has 7 nitrogen and oxygen atoms in total. The summed E-state index contributed by atoms with van der Waals surface area (Å²) in [6, 6.07) is 9.66. The lowest BCUT2D eigenvalue weighted by Crippen LogP contribution is -2.31. The highest BCUT2D eigenvalue weighted by Gasteiger charge is 2.15. The highest BCUT2D eigenvalue weighted by Crippen LogP contribution is 2.24. The molecule has 1 aromatic carbocycles. The summed E-state index contributed by atoms with van der Waals surface area (Å²) in [5.41, 5.74) is 0.856. The molecule has 3 aromatic rings. The second-order valence-electron chi connectivity index (χ2n) is 5.52. The molecule has 0 aliphatic heterocycles. The maximum absolute atomic E-state index is 13.8. The van der Waals surface area contributed by atoms with Crippen LogP contribution in [0.1, 0.15) is 0 Å². The second kappa shape index (κ2) is 7.37. The van der Waals surface area contributed by atoms with E-state index in [1.54, 1.807) is 48.5 Å². The third kappa shape index (κ3) is 3.81. The topological polar surface area (TPSA) is 95.5 Å². The van der Waals surface area contributed by atoms with Gasteiger partial charge in [-0.05, 0) is 24.3 Å². The summed E-state index contributed by atoms with van der Waals surface area (Å²) >= 11 is 0. The molecule has 1 unspecified atom stereocenters. The third-order valence-corrected chi connectivity index (χ3v) is 3.62. The number of hydrogen-bond acceptors (Lipinski definition) is 7. The number of benzene rings is 1. The van der Waals surface area contributed by atoms with E-state index in [-0.39, 0.29) is 30.4 Å². The Morgan fingerprint density at radius 1 is 1.24 bits per heavy atom. The van der Waals surface area contributed by atoms with Gasteiger partial charge >= 0.3 is 0 Å². The fourth-order valence-electron chi connectivity index (χ4n) is 2.30. The van der Waals surface area contributed by atoms with Gasteiger partial charge in [0.1, 0.15) is 11.6 Å². The van der Waals surface area contributed by atoms with E-state index in [0.717, 1.165) is 0 Å². The van der Waals surface area contributed by atoms with Crippen molar-refractivity contribution in [2.45, 2.75) is 6.10 Å². The van der Waals surface area contributed by atoms with Gasteiger partial charge in [-0.2, -0.15) is 4.98 Å². The Morgan fingerprint density at radius 3 is 2.72 bits per heavy atom. The van der Waals surface area contributed by atoms with Crippen LogP contribution in [-0.2, 0) is 0 Å². The third-order valence-electron chi connectivity index (χ3n) is 3.62. The lowest BCUT2D eigenvalue weighted by molar-refractivity contribution is 0.101. The van der Waals surface area contributed by atoms with E-state index in [0.29, 0.717) is 11.4 Å². The van der Waals surface area contributed by atoms with Gasteiger partial charge in [0.05, 0.1) is 23.8 Å². The fourth-order valence-corrected chi connectivity index (χ4v) is 2.30. The molecule has 0 spiro atoms. The van der Waals surface area contributed by atoms with Gasteiger partial charge in [-0.25, -0.2) is 9.37 Å². The van der Waals surface area contributed by atoms with Gasteiger partial charge in [0.2, 0.25) is 5.82 Å². The van der Waals surface area contributed by atoms with Crippen molar-refractivity contribution in [3.63, 3.8) is 0 Å². The van der Waals surface area contributed by atoms with Crippen LogP contribution < -0.4 is 4.90 Å². The average Bonchev–Trinajstić information content (AvgIpc) is 3.12. The van der Waals surface area contributed by atoms with Gasteiger partial charge in [-0.3, -0.25) is 0 Å². The molecule has 2 aromatic heterocycles. The normalized spacial score (nSPS) is 12.2. The number of anilines is 1. The zero-order valence-corrected chi connectivity index (χ0v) is 13.5. The largest absolute Gasteiger partial charge is 0.394 e. The molecule has 8 heteroatoms. The molecule has 2 N–H and O–H groups in total. The van der Waals surface area contributed by atoms with Crippen LogP contribution in [0.2, 0.25) is 0 Å². The molecule has 0 bridgehead atoms. The Kier molecular flexibility index (Phi) is 5.01. The van der Waals surface area contributed by atoms with Crippen molar-refractivity contribution < 1.29 is 19.1 Å². The van der Waals surface area contributed by atoms with Crippen LogP contribution in [0.3, 0.4) is 0 Å². The molecule has 1 atom stereocenters. The maximum atomic E-state index is 13.8. The van der Waals surface area contributed by atoms with Crippen molar-refractivity contribution in [3.8, 4) is 22.8 Å². The van der Waals surface area contributed by atoms with E-state index in [4.69, 9.17) is 9.63 Å². The predicted octanol–water partition coefficient (Wildman–Crippen LogP) is 1.73. The van der Waals surface area contributed by atoms with Gasteiger partial charge in [-0.15, -0.1) is 0 Å². The van der Waals surface area contributed by atoms with Crippen molar-refractivity contribution in [1.82, 2.24) is 15.1 Å². The summed E-state index contributed by atoms with van der Waals surface area (Å²) in [6.45, 7) is -0.0654. The quantitative estimate of drug-likeness (QED) is 0.703.